The van der Waals surface area contributed by atoms with E-state index in [-0.39, 0.29) is 23.3 Å². The molecule has 1 unspecified atom stereocenters. The van der Waals surface area contributed by atoms with Crippen LogP contribution in [-0.4, -0.2) is 42.5 Å². The van der Waals surface area contributed by atoms with E-state index in [1.54, 1.807) is 42.5 Å². The van der Waals surface area contributed by atoms with Crippen LogP contribution in [0.25, 0.3) is 5.76 Å². The summed E-state index contributed by atoms with van der Waals surface area (Å²) in [5, 5.41) is 11.7. The second kappa shape index (κ2) is 11.4. The molecule has 7 nitrogen and oxygen atoms in total. The maximum atomic E-state index is 13.6. The first-order valence-electron chi connectivity index (χ1n) is 13.0. The Kier molecular flexibility index (Phi) is 8.18. The monoisotopic (exact) mass is 547 g/mol. The van der Waals surface area contributed by atoms with Crippen molar-refractivity contribution in [2.24, 2.45) is 0 Å². The van der Waals surface area contributed by atoms with Gasteiger partial charge in [-0.25, -0.2) is 4.39 Å². The van der Waals surface area contributed by atoms with E-state index in [1.807, 2.05) is 33.8 Å². The highest BCUT2D eigenvalue weighted by Gasteiger charge is 2.46. The van der Waals surface area contributed by atoms with Gasteiger partial charge in [0.1, 0.15) is 17.3 Å². The lowest BCUT2D eigenvalue weighted by atomic mass is 9.85. The van der Waals surface area contributed by atoms with Crippen LogP contribution < -0.4 is 14.2 Å². The van der Waals surface area contributed by atoms with Gasteiger partial charge in [-0.05, 0) is 65.4 Å². The third-order valence-electron chi connectivity index (χ3n) is 6.93. The van der Waals surface area contributed by atoms with Crippen LogP contribution in [0.15, 0.2) is 66.2 Å². The predicted molar refractivity (Wildman–Crippen MR) is 150 cm³/mol. The normalized spacial score (nSPS) is 16.8. The fourth-order valence-corrected chi connectivity index (χ4v) is 4.81. The summed E-state index contributed by atoms with van der Waals surface area (Å²) in [5.74, 6) is -1.09. The minimum absolute atomic E-state index is 0.0153. The summed E-state index contributed by atoms with van der Waals surface area (Å²) in [6.07, 6.45) is 0. The Hall–Kier alpha value is -4.33. The molecule has 3 aromatic carbocycles. The van der Waals surface area contributed by atoms with Crippen molar-refractivity contribution in [2.45, 2.75) is 45.7 Å². The number of likely N-dealkylation sites (tertiary alicyclic amines) is 1. The van der Waals surface area contributed by atoms with Crippen LogP contribution in [-0.2, 0) is 21.5 Å². The maximum absolute atomic E-state index is 13.6. The number of nitrogens with zero attached hydrogens (tertiary/aromatic N) is 1. The lowest BCUT2D eigenvalue weighted by molar-refractivity contribution is -0.140. The molecule has 1 fully saturated rings. The van der Waals surface area contributed by atoms with Crippen molar-refractivity contribution in [3.8, 4) is 17.2 Å². The molecule has 210 valence electrons. The number of methoxy groups -OCH3 is 2. The van der Waals surface area contributed by atoms with E-state index in [9.17, 15) is 19.1 Å². The van der Waals surface area contributed by atoms with Crippen LogP contribution in [0.1, 0.15) is 56.0 Å². The number of carbonyl (C=O) groups excluding carboxylic acids is 2. The SMILES string of the molecule is CCOc1cc(C2/C(=C(\O)c3cc(C(C)(C)C)ccc3OC)C(=O)C(=O)N2Cc2ccc(F)cc2)ccc1OC. The van der Waals surface area contributed by atoms with Gasteiger partial charge in [0.15, 0.2) is 11.5 Å². The topological polar surface area (TPSA) is 85.3 Å². The van der Waals surface area contributed by atoms with Crippen LogP contribution in [0.2, 0.25) is 0 Å². The van der Waals surface area contributed by atoms with Gasteiger partial charge in [-0.1, -0.05) is 45.0 Å². The maximum Gasteiger partial charge on any atom is 0.295 e. The largest absolute Gasteiger partial charge is 0.507 e. The van der Waals surface area contributed by atoms with Crippen LogP contribution in [0, 0.1) is 5.82 Å². The molecule has 0 aliphatic carbocycles. The first-order valence-corrected chi connectivity index (χ1v) is 13.0. The molecule has 1 heterocycles. The Morgan fingerprint density at radius 2 is 1.57 bits per heavy atom. The van der Waals surface area contributed by atoms with Gasteiger partial charge in [-0.3, -0.25) is 9.59 Å². The summed E-state index contributed by atoms with van der Waals surface area (Å²) < 4.78 is 30.3. The van der Waals surface area contributed by atoms with E-state index in [0.717, 1.165) is 5.56 Å². The lowest BCUT2D eigenvalue weighted by Crippen LogP contribution is -2.29. The zero-order valence-corrected chi connectivity index (χ0v) is 23.6. The summed E-state index contributed by atoms with van der Waals surface area (Å²) in [5.41, 5.74) is 2.05. The number of amides is 1. The molecule has 3 aromatic rings. The second-order valence-corrected chi connectivity index (χ2v) is 10.6. The molecule has 1 saturated heterocycles. The van der Waals surface area contributed by atoms with E-state index in [2.05, 4.69) is 0 Å². The van der Waals surface area contributed by atoms with E-state index in [0.29, 0.717) is 40.5 Å². The Labute approximate surface area is 233 Å². The Morgan fingerprint density at radius 3 is 2.17 bits per heavy atom. The average Bonchev–Trinajstić information content (AvgIpc) is 3.18. The summed E-state index contributed by atoms with van der Waals surface area (Å²) >= 11 is 0. The van der Waals surface area contributed by atoms with Gasteiger partial charge in [0, 0.05) is 6.54 Å². The molecule has 1 atom stereocenters. The molecule has 0 radical (unpaired) electrons. The summed E-state index contributed by atoms with van der Waals surface area (Å²) in [6, 6.07) is 15.3. The number of benzene rings is 3. The van der Waals surface area contributed by atoms with Crippen molar-refractivity contribution in [2.75, 3.05) is 20.8 Å². The van der Waals surface area contributed by atoms with Crippen LogP contribution >= 0.6 is 0 Å². The minimum atomic E-state index is -0.960. The summed E-state index contributed by atoms with van der Waals surface area (Å²) in [7, 11) is 3.00. The number of hydrogen-bond acceptors (Lipinski definition) is 6. The predicted octanol–water partition coefficient (Wildman–Crippen LogP) is 6.16. The van der Waals surface area contributed by atoms with E-state index in [4.69, 9.17) is 14.2 Å². The van der Waals surface area contributed by atoms with Gasteiger partial charge in [0.25, 0.3) is 11.7 Å². The van der Waals surface area contributed by atoms with Crippen LogP contribution in [0.4, 0.5) is 4.39 Å². The fraction of sp³-hybridized carbons (Fsp3) is 0.312. The van der Waals surface area contributed by atoms with Crippen LogP contribution in [0.5, 0.6) is 17.2 Å². The lowest BCUT2D eigenvalue weighted by Gasteiger charge is -2.26. The van der Waals surface area contributed by atoms with Gasteiger partial charge in [0.05, 0.1) is 38.0 Å². The molecule has 0 bridgehead atoms. The Morgan fingerprint density at radius 1 is 0.925 bits per heavy atom. The standard InChI is InChI=1S/C32H34FNO6/c1-7-40-26-16-20(10-14-25(26)39-6)28-27(29(35)23-17-21(32(2,3)4)11-15-24(23)38-5)30(36)31(37)34(28)18-19-8-12-22(33)13-9-19/h8-17,28,35H,7,18H2,1-6H3/b29-27+. The zero-order chi connectivity index (χ0) is 29.2. The molecule has 1 amide bonds. The van der Waals surface area contributed by atoms with Gasteiger partial charge >= 0.3 is 0 Å². The van der Waals surface area contributed by atoms with E-state index in [1.165, 1.54) is 31.3 Å². The Balaban J connectivity index is 1.96. The van der Waals surface area contributed by atoms with Gasteiger partial charge < -0.3 is 24.2 Å². The number of hydrogen-bond donors (Lipinski definition) is 1. The zero-order valence-electron chi connectivity index (χ0n) is 23.6. The van der Waals surface area contributed by atoms with Crippen molar-refractivity contribution in [1.82, 2.24) is 4.90 Å². The number of halogens is 1. The average molecular weight is 548 g/mol. The number of ketones is 1. The van der Waals surface area contributed by atoms with Gasteiger partial charge in [-0.2, -0.15) is 0 Å². The molecule has 1 N–H and O–H groups in total. The molecular weight excluding hydrogens is 513 g/mol. The Bertz CT molecular complexity index is 1460. The molecular formula is C32H34FNO6. The van der Waals surface area contributed by atoms with E-state index >= 15 is 0 Å². The molecule has 0 saturated carbocycles. The molecule has 0 spiro atoms. The highest BCUT2D eigenvalue weighted by atomic mass is 19.1. The number of aliphatic hydroxyl groups is 1. The van der Waals surface area contributed by atoms with Crippen molar-refractivity contribution in [1.29, 1.82) is 0 Å². The number of aliphatic hydroxyl groups excluding tert-OH is 1. The number of carbonyl (C=O) groups is 2. The van der Waals surface area contributed by atoms with Crippen molar-refractivity contribution >= 4 is 17.4 Å². The second-order valence-electron chi connectivity index (χ2n) is 10.6. The summed E-state index contributed by atoms with van der Waals surface area (Å²) in [4.78, 5) is 28.5. The third kappa shape index (κ3) is 5.52. The van der Waals surface area contributed by atoms with Crippen molar-refractivity contribution in [3.05, 3.63) is 94.3 Å². The number of Topliss-reactive ketones (excluding diaryl/α,β-unsaturated/α-hetero) is 1. The fourth-order valence-electron chi connectivity index (χ4n) is 4.81. The molecule has 8 heteroatoms. The third-order valence-corrected chi connectivity index (χ3v) is 6.93. The minimum Gasteiger partial charge on any atom is -0.507 e. The highest BCUT2D eigenvalue weighted by Crippen LogP contribution is 2.44. The van der Waals surface area contributed by atoms with Gasteiger partial charge in [-0.15, -0.1) is 0 Å². The molecule has 40 heavy (non-hydrogen) atoms. The van der Waals surface area contributed by atoms with Gasteiger partial charge in [0.2, 0.25) is 0 Å². The number of ether oxygens (including phenoxy) is 3. The quantitative estimate of drug-likeness (QED) is 0.207. The smallest absolute Gasteiger partial charge is 0.295 e. The first kappa shape index (κ1) is 28.7. The molecule has 4 rings (SSSR count). The first-order chi connectivity index (χ1) is 19.0. The molecule has 1 aliphatic rings. The molecule has 1 aliphatic heterocycles. The number of rotatable bonds is 8. The summed E-state index contributed by atoms with van der Waals surface area (Å²) in [6.45, 7) is 8.32. The molecule has 0 aromatic heterocycles. The van der Waals surface area contributed by atoms with Crippen molar-refractivity contribution < 1.29 is 33.3 Å². The highest BCUT2D eigenvalue weighted by molar-refractivity contribution is 6.46. The van der Waals surface area contributed by atoms with Crippen LogP contribution in [0.3, 0.4) is 0 Å². The van der Waals surface area contributed by atoms with Crippen molar-refractivity contribution in [3.63, 3.8) is 0 Å². The van der Waals surface area contributed by atoms with E-state index < -0.39 is 23.5 Å².